The molecular formula is C35H44N4O7. The van der Waals surface area contributed by atoms with Gasteiger partial charge in [0.25, 0.3) is 0 Å². The van der Waals surface area contributed by atoms with Crippen molar-refractivity contribution in [3.8, 4) is 17.0 Å². The maximum Gasteiger partial charge on any atom is 0.213 e. The Labute approximate surface area is 269 Å². The third kappa shape index (κ3) is 8.95. The number of fused-ring (bicyclic) bond motifs is 3. The zero-order chi connectivity index (χ0) is 32.0. The Morgan fingerprint density at radius 3 is 2.09 bits per heavy atom. The van der Waals surface area contributed by atoms with Crippen molar-refractivity contribution in [3.63, 3.8) is 0 Å². The molecule has 0 bridgehead atoms. The Kier molecular flexibility index (Phi) is 12.6. The monoisotopic (exact) mass is 632 g/mol. The van der Waals surface area contributed by atoms with Crippen LogP contribution in [0.4, 0.5) is 0 Å². The highest BCUT2D eigenvalue weighted by molar-refractivity contribution is 6.08. The van der Waals surface area contributed by atoms with E-state index in [0.29, 0.717) is 71.8 Å². The predicted octanol–water partition coefficient (Wildman–Crippen LogP) is 4.10. The maximum atomic E-state index is 11.4. The molecule has 11 heteroatoms. The van der Waals surface area contributed by atoms with Crippen LogP contribution in [0.2, 0.25) is 0 Å². The molecule has 0 spiro atoms. The lowest BCUT2D eigenvalue weighted by molar-refractivity contribution is -0.123. The Morgan fingerprint density at radius 2 is 1.43 bits per heavy atom. The number of ether oxygens (including phenoxy) is 5. The SMILES string of the molecule is Cn1c2ccncc2c2ccc(-c3ccc(OCCOCCOCCOCCOCCN4CCC(C=O)(CC=O)CC4)nc3)cc21. The van der Waals surface area contributed by atoms with Gasteiger partial charge in [-0.15, -0.1) is 0 Å². The second-order valence-electron chi connectivity index (χ2n) is 11.6. The Hall–Kier alpha value is -3.74. The van der Waals surface area contributed by atoms with Crippen LogP contribution in [0, 0.1) is 5.41 Å². The molecule has 1 aromatic carbocycles. The standard InChI is InChI=1S/C35H44N4O7/c1-38-32-6-10-36-26-31(32)30-4-2-28(24-33(30)38)29-3-5-34(37-25-29)46-23-22-45-21-20-44-19-18-43-17-16-42-15-13-39-11-7-35(27-41,8-12-39)9-14-40/h2-6,10,14,24-27H,7-9,11-13,15-23H2,1H3. The number of aromatic nitrogens is 3. The van der Waals surface area contributed by atoms with E-state index in [0.717, 1.165) is 72.6 Å². The van der Waals surface area contributed by atoms with Crippen molar-refractivity contribution in [3.05, 3.63) is 55.0 Å². The summed E-state index contributed by atoms with van der Waals surface area (Å²) in [5, 5.41) is 2.34. The number of hydrogen-bond donors (Lipinski definition) is 0. The first-order chi connectivity index (χ1) is 22.6. The number of aldehydes is 2. The molecule has 4 heterocycles. The van der Waals surface area contributed by atoms with Crippen LogP contribution in [-0.2, 0) is 35.6 Å². The van der Waals surface area contributed by atoms with Crippen LogP contribution in [0.25, 0.3) is 32.9 Å². The molecule has 4 aromatic rings. The van der Waals surface area contributed by atoms with Crippen LogP contribution in [0.3, 0.4) is 0 Å². The van der Waals surface area contributed by atoms with Crippen molar-refractivity contribution in [2.75, 3.05) is 79.1 Å². The van der Waals surface area contributed by atoms with E-state index in [1.54, 1.807) is 0 Å². The Bertz CT molecular complexity index is 1530. The van der Waals surface area contributed by atoms with Crippen molar-refractivity contribution >= 4 is 34.4 Å². The van der Waals surface area contributed by atoms with E-state index in [-0.39, 0.29) is 0 Å². The lowest BCUT2D eigenvalue weighted by Gasteiger charge is -2.37. The smallest absolute Gasteiger partial charge is 0.213 e. The van der Waals surface area contributed by atoms with E-state index in [2.05, 4.69) is 44.7 Å². The van der Waals surface area contributed by atoms with Crippen molar-refractivity contribution in [1.29, 1.82) is 0 Å². The molecule has 46 heavy (non-hydrogen) atoms. The minimum absolute atomic E-state index is 0.323. The van der Waals surface area contributed by atoms with Crippen LogP contribution < -0.4 is 4.74 Å². The van der Waals surface area contributed by atoms with Crippen molar-refractivity contribution in [2.45, 2.75) is 19.3 Å². The van der Waals surface area contributed by atoms with Crippen LogP contribution in [0.15, 0.2) is 55.0 Å². The van der Waals surface area contributed by atoms with Crippen LogP contribution in [0.5, 0.6) is 5.88 Å². The number of piperidine rings is 1. The molecule has 3 aromatic heterocycles. The first-order valence-electron chi connectivity index (χ1n) is 16.0. The molecule has 1 aliphatic rings. The van der Waals surface area contributed by atoms with E-state index in [9.17, 15) is 9.59 Å². The van der Waals surface area contributed by atoms with E-state index in [4.69, 9.17) is 23.7 Å². The molecule has 0 unspecified atom stereocenters. The zero-order valence-electron chi connectivity index (χ0n) is 26.6. The molecule has 1 aliphatic heterocycles. The fourth-order valence-corrected chi connectivity index (χ4v) is 5.79. The molecule has 5 rings (SSSR count). The third-order valence-corrected chi connectivity index (χ3v) is 8.62. The van der Waals surface area contributed by atoms with Gasteiger partial charge in [-0.25, -0.2) is 4.98 Å². The van der Waals surface area contributed by atoms with Gasteiger partial charge in [0, 0.05) is 71.9 Å². The number of likely N-dealkylation sites (tertiary alicyclic amines) is 1. The van der Waals surface area contributed by atoms with Crippen molar-refractivity contribution in [2.24, 2.45) is 12.5 Å². The molecule has 0 aliphatic carbocycles. The number of carbonyl (C=O) groups is 2. The van der Waals surface area contributed by atoms with Gasteiger partial charge in [-0.2, -0.15) is 0 Å². The van der Waals surface area contributed by atoms with E-state index >= 15 is 0 Å². The summed E-state index contributed by atoms with van der Waals surface area (Å²) < 4.78 is 30.3. The molecule has 1 fully saturated rings. The number of nitrogens with zero attached hydrogens (tertiary/aromatic N) is 4. The highest BCUT2D eigenvalue weighted by atomic mass is 16.6. The van der Waals surface area contributed by atoms with Gasteiger partial charge in [0.1, 0.15) is 19.2 Å². The summed E-state index contributed by atoms with van der Waals surface area (Å²) in [4.78, 5) is 33.2. The number of rotatable bonds is 20. The second-order valence-corrected chi connectivity index (χ2v) is 11.6. The summed E-state index contributed by atoms with van der Waals surface area (Å²) in [5.41, 5.74) is 3.98. The minimum atomic E-state index is -0.461. The minimum Gasteiger partial charge on any atom is -0.475 e. The third-order valence-electron chi connectivity index (χ3n) is 8.62. The van der Waals surface area contributed by atoms with Crippen LogP contribution in [0.1, 0.15) is 19.3 Å². The van der Waals surface area contributed by atoms with Crippen LogP contribution >= 0.6 is 0 Å². The summed E-state index contributed by atoms with van der Waals surface area (Å²) in [6.07, 6.45) is 9.17. The lowest BCUT2D eigenvalue weighted by atomic mass is 9.77. The van der Waals surface area contributed by atoms with Crippen molar-refractivity contribution < 1.29 is 33.3 Å². The first-order valence-corrected chi connectivity index (χ1v) is 16.0. The van der Waals surface area contributed by atoms with Crippen LogP contribution in [-0.4, -0.2) is 111 Å². The quantitative estimate of drug-likeness (QED) is 0.104. The summed E-state index contributed by atoms with van der Waals surface area (Å²) in [7, 11) is 2.08. The molecule has 0 N–H and O–H groups in total. The zero-order valence-corrected chi connectivity index (χ0v) is 26.6. The number of aryl methyl sites for hydroxylation is 1. The Balaban J connectivity index is 0.853. The van der Waals surface area contributed by atoms with Gasteiger partial charge in [-0.05, 0) is 49.7 Å². The van der Waals surface area contributed by atoms with E-state index in [1.807, 2.05) is 36.8 Å². The van der Waals surface area contributed by atoms with Gasteiger partial charge >= 0.3 is 0 Å². The number of hydrogen-bond acceptors (Lipinski definition) is 10. The fraction of sp³-hybridized carbons (Fsp3) is 0.486. The molecule has 0 saturated carbocycles. The van der Waals surface area contributed by atoms with Gasteiger partial charge in [-0.3, -0.25) is 4.98 Å². The largest absolute Gasteiger partial charge is 0.475 e. The summed E-state index contributed by atoms with van der Waals surface area (Å²) in [5.74, 6) is 0.560. The second kappa shape index (κ2) is 17.3. The molecule has 0 amide bonds. The van der Waals surface area contributed by atoms with E-state index < -0.39 is 5.41 Å². The van der Waals surface area contributed by atoms with E-state index in [1.165, 1.54) is 5.39 Å². The molecule has 0 radical (unpaired) electrons. The number of benzene rings is 1. The molecule has 246 valence electrons. The van der Waals surface area contributed by atoms with Crippen molar-refractivity contribution in [1.82, 2.24) is 19.4 Å². The molecular weight excluding hydrogens is 588 g/mol. The summed E-state index contributed by atoms with van der Waals surface area (Å²) in [6, 6.07) is 12.4. The average Bonchev–Trinajstić information content (AvgIpc) is 3.38. The predicted molar refractivity (Wildman–Crippen MR) is 175 cm³/mol. The number of pyridine rings is 2. The highest BCUT2D eigenvalue weighted by Gasteiger charge is 2.33. The fourth-order valence-electron chi connectivity index (χ4n) is 5.79. The summed E-state index contributed by atoms with van der Waals surface area (Å²) in [6.45, 7) is 6.90. The summed E-state index contributed by atoms with van der Waals surface area (Å²) >= 11 is 0. The average molecular weight is 633 g/mol. The van der Waals surface area contributed by atoms with Gasteiger partial charge in [0.15, 0.2) is 0 Å². The van der Waals surface area contributed by atoms with Gasteiger partial charge < -0.3 is 42.7 Å². The topological polar surface area (TPSA) is 114 Å². The first kappa shape index (κ1) is 33.6. The highest BCUT2D eigenvalue weighted by Crippen LogP contribution is 2.32. The van der Waals surface area contributed by atoms with Gasteiger partial charge in [0.2, 0.25) is 5.88 Å². The lowest BCUT2D eigenvalue weighted by Crippen LogP contribution is -2.42. The van der Waals surface area contributed by atoms with Gasteiger partial charge in [0.05, 0.1) is 58.4 Å². The molecule has 0 atom stereocenters. The Morgan fingerprint density at radius 1 is 0.761 bits per heavy atom. The maximum absolute atomic E-state index is 11.4. The normalized spacial score (nSPS) is 15.0. The van der Waals surface area contributed by atoms with Gasteiger partial charge in [-0.1, -0.05) is 12.1 Å². The molecule has 11 nitrogen and oxygen atoms in total. The molecule has 1 saturated heterocycles. The number of carbonyl (C=O) groups excluding carboxylic acids is 2.